The zero-order chi connectivity index (χ0) is 23.4. The summed E-state index contributed by atoms with van der Waals surface area (Å²) in [6.45, 7) is 5.95. The van der Waals surface area contributed by atoms with Crippen LogP contribution < -0.4 is 14.4 Å². The SMILES string of the molecule is CCOCCn1c(=NC(=O)c2cccc(N3C(=O)CCC3=O)c2)sc2cccc(OCC)c21. The van der Waals surface area contributed by atoms with Crippen LogP contribution in [-0.2, 0) is 20.9 Å². The Morgan fingerprint density at radius 1 is 1.06 bits per heavy atom. The number of nitrogens with zero attached hydrogens (tertiary/aromatic N) is 3. The number of carbonyl (C=O) groups is 3. The fourth-order valence-electron chi connectivity index (χ4n) is 3.76. The molecular weight excluding hydrogens is 442 g/mol. The first-order valence-electron chi connectivity index (χ1n) is 10.9. The molecular formula is C24H25N3O5S. The molecule has 2 heterocycles. The van der Waals surface area contributed by atoms with Crippen molar-refractivity contribution in [3.63, 3.8) is 0 Å². The predicted molar refractivity (Wildman–Crippen MR) is 126 cm³/mol. The highest BCUT2D eigenvalue weighted by Crippen LogP contribution is 2.28. The second kappa shape index (κ2) is 10.1. The molecule has 2 aromatic carbocycles. The highest BCUT2D eigenvalue weighted by atomic mass is 32.1. The van der Waals surface area contributed by atoms with Gasteiger partial charge in [-0.15, -0.1) is 0 Å². The molecule has 0 unspecified atom stereocenters. The molecule has 0 bridgehead atoms. The summed E-state index contributed by atoms with van der Waals surface area (Å²) in [6, 6.07) is 12.2. The molecule has 0 saturated carbocycles. The van der Waals surface area contributed by atoms with E-state index in [0.29, 0.717) is 42.4 Å². The fraction of sp³-hybridized carbons (Fsp3) is 0.333. The molecule has 0 spiro atoms. The Morgan fingerprint density at radius 3 is 2.55 bits per heavy atom. The number of rotatable bonds is 8. The first-order chi connectivity index (χ1) is 16.0. The first-order valence-corrected chi connectivity index (χ1v) is 11.7. The molecule has 0 N–H and O–H groups in total. The van der Waals surface area contributed by atoms with Gasteiger partial charge in [-0.05, 0) is 44.2 Å². The molecule has 8 nitrogen and oxygen atoms in total. The van der Waals surface area contributed by atoms with Crippen LogP contribution in [0.25, 0.3) is 10.2 Å². The summed E-state index contributed by atoms with van der Waals surface area (Å²) in [4.78, 5) is 43.3. The van der Waals surface area contributed by atoms with Gasteiger partial charge in [-0.25, -0.2) is 0 Å². The Kier molecular flexibility index (Phi) is 7.00. The minimum atomic E-state index is -0.453. The van der Waals surface area contributed by atoms with Gasteiger partial charge < -0.3 is 14.0 Å². The van der Waals surface area contributed by atoms with E-state index in [1.165, 1.54) is 17.4 Å². The normalized spacial score (nSPS) is 14.5. The Bertz CT molecular complexity index is 1260. The van der Waals surface area contributed by atoms with Gasteiger partial charge in [0, 0.05) is 31.6 Å². The summed E-state index contributed by atoms with van der Waals surface area (Å²) in [5, 5.41) is 0. The van der Waals surface area contributed by atoms with Crippen LogP contribution in [0.15, 0.2) is 47.5 Å². The van der Waals surface area contributed by atoms with Crippen molar-refractivity contribution in [2.45, 2.75) is 33.2 Å². The summed E-state index contributed by atoms with van der Waals surface area (Å²) in [6.07, 6.45) is 0.371. The largest absolute Gasteiger partial charge is 0.492 e. The van der Waals surface area contributed by atoms with E-state index in [9.17, 15) is 14.4 Å². The number of para-hydroxylation sites is 1. The number of hydrogen-bond acceptors (Lipinski definition) is 6. The van der Waals surface area contributed by atoms with Crippen molar-refractivity contribution in [1.82, 2.24) is 4.57 Å². The van der Waals surface area contributed by atoms with Crippen molar-refractivity contribution in [1.29, 1.82) is 0 Å². The summed E-state index contributed by atoms with van der Waals surface area (Å²) in [5.41, 5.74) is 1.57. The minimum absolute atomic E-state index is 0.186. The van der Waals surface area contributed by atoms with E-state index in [-0.39, 0.29) is 24.7 Å². The molecule has 1 fully saturated rings. The summed E-state index contributed by atoms with van der Waals surface area (Å²) in [7, 11) is 0. The molecule has 4 rings (SSSR count). The zero-order valence-electron chi connectivity index (χ0n) is 18.6. The molecule has 1 aliphatic heterocycles. The zero-order valence-corrected chi connectivity index (χ0v) is 19.4. The van der Waals surface area contributed by atoms with Gasteiger partial charge in [0.05, 0.1) is 23.6 Å². The maximum absolute atomic E-state index is 13.1. The van der Waals surface area contributed by atoms with Crippen molar-refractivity contribution >= 4 is 45.0 Å². The van der Waals surface area contributed by atoms with Gasteiger partial charge in [-0.3, -0.25) is 19.3 Å². The average Bonchev–Trinajstić information content (AvgIpc) is 3.33. The molecule has 3 amide bonds. The minimum Gasteiger partial charge on any atom is -0.492 e. The average molecular weight is 468 g/mol. The van der Waals surface area contributed by atoms with Crippen LogP contribution in [0.5, 0.6) is 5.75 Å². The molecule has 0 atom stereocenters. The first kappa shape index (κ1) is 22.9. The van der Waals surface area contributed by atoms with Gasteiger partial charge in [0.1, 0.15) is 11.3 Å². The van der Waals surface area contributed by atoms with Gasteiger partial charge in [0.15, 0.2) is 4.80 Å². The lowest BCUT2D eigenvalue weighted by Gasteiger charge is -2.14. The number of amides is 3. The molecule has 1 saturated heterocycles. The van der Waals surface area contributed by atoms with Crippen LogP contribution in [-0.4, -0.2) is 42.1 Å². The van der Waals surface area contributed by atoms with E-state index in [1.807, 2.05) is 36.6 Å². The van der Waals surface area contributed by atoms with Crippen LogP contribution in [0.2, 0.25) is 0 Å². The number of hydrogen-bond donors (Lipinski definition) is 0. The van der Waals surface area contributed by atoms with Crippen LogP contribution in [0.3, 0.4) is 0 Å². The maximum atomic E-state index is 13.1. The third-order valence-electron chi connectivity index (χ3n) is 5.23. The molecule has 0 radical (unpaired) electrons. The summed E-state index contributed by atoms with van der Waals surface area (Å²) >= 11 is 1.40. The maximum Gasteiger partial charge on any atom is 0.279 e. The van der Waals surface area contributed by atoms with Crippen LogP contribution in [0.1, 0.15) is 37.0 Å². The van der Waals surface area contributed by atoms with Gasteiger partial charge in [-0.2, -0.15) is 4.99 Å². The number of fused-ring (bicyclic) bond motifs is 1. The number of aromatic nitrogens is 1. The third-order valence-corrected chi connectivity index (χ3v) is 6.27. The second-order valence-corrected chi connectivity index (χ2v) is 8.37. The lowest BCUT2D eigenvalue weighted by Crippen LogP contribution is -2.28. The number of benzene rings is 2. The number of carbonyl (C=O) groups excluding carboxylic acids is 3. The third kappa shape index (κ3) is 4.74. The van der Waals surface area contributed by atoms with E-state index >= 15 is 0 Å². The molecule has 33 heavy (non-hydrogen) atoms. The second-order valence-electron chi connectivity index (χ2n) is 7.36. The molecule has 3 aromatic rings. The summed E-state index contributed by atoms with van der Waals surface area (Å²) in [5.74, 6) is -0.248. The van der Waals surface area contributed by atoms with Crippen molar-refractivity contribution < 1.29 is 23.9 Å². The molecule has 9 heteroatoms. The Hall–Kier alpha value is -3.30. The number of ether oxygens (including phenoxy) is 2. The number of anilines is 1. The van der Waals surface area contributed by atoms with Gasteiger partial charge in [-0.1, -0.05) is 23.5 Å². The predicted octanol–water partition coefficient (Wildman–Crippen LogP) is 3.53. The van der Waals surface area contributed by atoms with Crippen LogP contribution in [0, 0.1) is 0 Å². The highest BCUT2D eigenvalue weighted by molar-refractivity contribution is 7.16. The smallest absolute Gasteiger partial charge is 0.279 e. The quantitative estimate of drug-likeness (QED) is 0.373. The van der Waals surface area contributed by atoms with Gasteiger partial charge >= 0.3 is 0 Å². The van der Waals surface area contributed by atoms with Crippen LogP contribution >= 0.6 is 11.3 Å². The lowest BCUT2D eigenvalue weighted by atomic mass is 10.2. The van der Waals surface area contributed by atoms with E-state index in [4.69, 9.17) is 9.47 Å². The van der Waals surface area contributed by atoms with Gasteiger partial charge in [0.25, 0.3) is 5.91 Å². The summed E-state index contributed by atoms with van der Waals surface area (Å²) < 4.78 is 14.2. The van der Waals surface area contributed by atoms with E-state index < -0.39 is 5.91 Å². The Labute approximate surface area is 195 Å². The standard InChI is InChI=1S/C24H25N3O5S/c1-3-31-14-13-26-22-18(32-4-2)9-6-10-19(22)33-24(26)25-23(30)16-7-5-8-17(15-16)27-20(28)11-12-21(27)29/h5-10,15H,3-4,11-14H2,1-2H3. The monoisotopic (exact) mass is 467 g/mol. The molecule has 1 aromatic heterocycles. The van der Waals surface area contributed by atoms with Crippen LogP contribution in [0.4, 0.5) is 5.69 Å². The topological polar surface area (TPSA) is 90.2 Å². The van der Waals surface area contributed by atoms with Gasteiger partial charge in [0.2, 0.25) is 11.8 Å². The number of imide groups is 1. The Morgan fingerprint density at radius 2 is 1.82 bits per heavy atom. The Balaban J connectivity index is 1.75. The molecule has 0 aliphatic carbocycles. The number of thiazole rings is 1. The van der Waals surface area contributed by atoms with Crippen molar-refractivity contribution in [2.24, 2.45) is 4.99 Å². The molecule has 172 valence electrons. The fourth-order valence-corrected chi connectivity index (χ4v) is 4.83. The van der Waals surface area contributed by atoms with Crippen molar-refractivity contribution in [2.75, 3.05) is 24.7 Å². The van der Waals surface area contributed by atoms with Crippen molar-refractivity contribution in [3.05, 3.63) is 52.8 Å². The lowest BCUT2D eigenvalue weighted by molar-refractivity contribution is -0.121. The van der Waals surface area contributed by atoms with Crippen molar-refractivity contribution in [3.8, 4) is 5.75 Å². The highest BCUT2D eigenvalue weighted by Gasteiger charge is 2.30. The van der Waals surface area contributed by atoms with E-state index in [2.05, 4.69) is 4.99 Å². The molecule has 1 aliphatic rings. The van der Waals surface area contributed by atoms with E-state index in [0.717, 1.165) is 20.9 Å². The van der Waals surface area contributed by atoms with E-state index in [1.54, 1.807) is 18.2 Å².